The van der Waals surface area contributed by atoms with Crippen molar-refractivity contribution in [3.8, 4) is 11.5 Å². The van der Waals surface area contributed by atoms with Gasteiger partial charge in [-0.15, -0.1) is 0 Å². The molecule has 0 unspecified atom stereocenters. The van der Waals surface area contributed by atoms with Crippen molar-refractivity contribution in [2.75, 3.05) is 13.2 Å². The SMILES string of the molecule is Cc1oc(-c2ccccc2)nc1C(=O)N1CCO[C@@H]2CCC[C@H]21. The van der Waals surface area contributed by atoms with Gasteiger partial charge in [0.15, 0.2) is 5.69 Å². The molecule has 23 heavy (non-hydrogen) atoms. The number of aryl methyl sites for hydroxylation is 1. The smallest absolute Gasteiger partial charge is 0.276 e. The van der Waals surface area contributed by atoms with E-state index in [4.69, 9.17) is 9.15 Å². The minimum Gasteiger partial charge on any atom is -0.441 e. The molecule has 2 aromatic rings. The molecule has 4 rings (SSSR count). The Morgan fingerprint density at radius 3 is 2.91 bits per heavy atom. The molecule has 0 radical (unpaired) electrons. The predicted octanol–water partition coefficient (Wildman–Crippen LogP) is 3.04. The van der Waals surface area contributed by atoms with E-state index in [1.807, 2.05) is 35.2 Å². The van der Waals surface area contributed by atoms with Gasteiger partial charge in [0.1, 0.15) is 5.76 Å². The van der Waals surface area contributed by atoms with E-state index >= 15 is 0 Å². The lowest BCUT2D eigenvalue weighted by atomic mass is 10.1. The van der Waals surface area contributed by atoms with Gasteiger partial charge in [-0.25, -0.2) is 4.98 Å². The summed E-state index contributed by atoms with van der Waals surface area (Å²) < 4.78 is 11.5. The third-order valence-corrected chi connectivity index (χ3v) is 4.76. The number of hydrogen-bond donors (Lipinski definition) is 0. The van der Waals surface area contributed by atoms with Crippen molar-refractivity contribution in [1.29, 1.82) is 0 Å². The van der Waals surface area contributed by atoms with E-state index in [0.29, 0.717) is 30.5 Å². The van der Waals surface area contributed by atoms with Crippen LogP contribution in [-0.2, 0) is 4.74 Å². The Morgan fingerprint density at radius 2 is 2.09 bits per heavy atom. The maximum atomic E-state index is 13.0. The molecule has 2 fully saturated rings. The minimum absolute atomic E-state index is 0.0337. The first-order chi connectivity index (χ1) is 11.2. The maximum Gasteiger partial charge on any atom is 0.276 e. The molecule has 2 heterocycles. The molecule has 1 aliphatic heterocycles. The predicted molar refractivity (Wildman–Crippen MR) is 85.1 cm³/mol. The molecule has 1 saturated carbocycles. The molecule has 2 aliphatic rings. The van der Waals surface area contributed by atoms with Gasteiger partial charge in [-0.1, -0.05) is 18.2 Å². The van der Waals surface area contributed by atoms with Crippen molar-refractivity contribution in [3.05, 3.63) is 41.8 Å². The number of nitrogens with zero attached hydrogens (tertiary/aromatic N) is 2. The minimum atomic E-state index is -0.0337. The van der Waals surface area contributed by atoms with Crippen molar-refractivity contribution in [3.63, 3.8) is 0 Å². The number of rotatable bonds is 2. The summed E-state index contributed by atoms with van der Waals surface area (Å²) in [6.45, 7) is 3.04. The molecule has 5 heteroatoms. The highest BCUT2D eigenvalue weighted by Crippen LogP contribution is 2.31. The molecule has 1 aromatic carbocycles. The summed E-state index contributed by atoms with van der Waals surface area (Å²) in [6.07, 6.45) is 3.36. The zero-order chi connectivity index (χ0) is 15.8. The van der Waals surface area contributed by atoms with Gasteiger partial charge in [-0.3, -0.25) is 4.79 Å². The second-order valence-corrected chi connectivity index (χ2v) is 6.20. The first-order valence-electron chi connectivity index (χ1n) is 8.19. The van der Waals surface area contributed by atoms with Crippen LogP contribution in [0.15, 0.2) is 34.7 Å². The van der Waals surface area contributed by atoms with Crippen LogP contribution < -0.4 is 0 Å². The molecular weight excluding hydrogens is 292 g/mol. The number of morpholine rings is 1. The van der Waals surface area contributed by atoms with Gasteiger partial charge < -0.3 is 14.1 Å². The fourth-order valence-electron chi connectivity index (χ4n) is 3.61. The molecule has 0 spiro atoms. The standard InChI is InChI=1S/C18H20N2O3/c1-12-16(19-17(23-12)13-6-3-2-4-7-13)18(21)20-10-11-22-15-9-5-8-14(15)20/h2-4,6-7,14-15H,5,8-11H2,1H3/t14-,15-/m1/s1. The van der Waals surface area contributed by atoms with Crippen LogP contribution in [0.1, 0.15) is 35.5 Å². The summed E-state index contributed by atoms with van der Waals surface area (Å²) >= 11 is 0. The number of fused-ring (bicyclic) bond motifs is 1. The third kappa shape index (κ3) is 2.55. The quantitative estimate of drug-likeness (QED) is 0.855. The number of oxazole rings is 1. The van der Waals surface area contributed by atoms with E-state index in [9.17, 15) is 4.79 Å². The molecule has 0 N–H and O–H groups in total. The summed E-state index contributed by atoms with van der Waals surface area (Å²) in [5, 5.41) is 0. The first-order valence-corrected chi connectivity index (χ1v) is 8.19. The van der Waals surface area contributed by atoms with E-state index < -0.39 is 0 Å². The Bertz CT molecular complexity index is 710. The lowest BCUT2D eigenvalue weighted by Gasteiger charge is -2.37. The Labute approximate surface area is 135 Å². The van der Waals surface area contributed by atoms with Crippen LogP contribution in [0.2, 0.25) is 0 Å². The third-order valence-electron chi connectivity index (χ3n) is 4.76. The van der Waals surface area contributed by atoms with Crippen molar-refractivity contribution >= 4 is 5.91 Å². The van der Waals surface area contributed by atoms with E-state index in [1.54, 1.807) is 6.92 Å². The van der Waals surface area contributed by atoms with Gasteiger partial charge in [-0.2, -0.15) is 0 Å². The fourth-order valence-corrected chi connectivity index (χ4v) is 3.61. The van der Waals surface area contributed by atoms with Crippen molar-refractivity contribution in [2.24, 2.45) is 0 Å². The normalized spacial score (nSPS) is 23.8. The number of carbonyl (C=O) groups excluding carboxylic acids is 1. The molecule has 1 saturated heterocycles. The summed E-state index contributed by atoms with van der Waals surface area (Å²) in [7, 11) is 0. The number of hydrogen-bond acceptors (Lipinski definition) is 4. The first kappa shape index (κ1) is 14.5. The van der Waals surface area contributed by atoms with Crippen LogP contribution in [-0.4, -0.2) is 41.1 Å². The Morgan fingerprint density at radius 1 is 1.26 bits per heavy atom. The van der Waals surface area contributed by atoms with Crippen molar-refractivity contribution < 1.29 is 13.9 Å². The highest BCUT2D eigenvalue weighted by atomic mass is 16.5. The van der Waals surface area contributed by atoms with Gasteiger partial charge in [0.2, 0.25) is 5.89 Å². The average Bonchev–Trinajstić information content (AvgIpc) is 3.21. The lowest BCUT2D eigenvalue weighted by molar-refractivity contribution is -0.0447. The Balaban J connectivity index is 1.62. The van der Waals surface area contributed by atoms with Crippen molar-refractivity contribution in [2.45, 2.75) is 38.3 Å². The van der Waals surface area contributed by atoms with E-state index in [0.717, 1.165) is 24.8 Å². The number of amides is 1. The second-order valence-electron chi connectivity index (χ2n) is 6.20. The largest absolute Gasteiger partial charge is 0.441 e. The molecule has 2 atom stereocenters. The van der Waals surface area contributed by atoms with Gasteiger partial charge in [-0.05, 0) is 38.3 Å². The van der Waals surface area contributed by atoms with Crippen LogP contribution in [0.5, 0.6) is 0 Å². The summed E-state index contributed by atoms with van der Waals surface area (Å²) in [5.74, 6) is 1.05. The van der Waals surface area contributed by atoms with Gasteiger partial charge in [0.25, 0.3) is 5.91 Å². The molecule has 1 amide bonds. The van der Waals surface area contributed by atoms with E-state index in [2.05, 4.69) is 4.98 Å². The van der Waals surface area contributed by atoms with E-state index in [1.165, 1.54) is 0 Å². The maximum absolute atomic E-state index is 13.0. The molecular formula is C18H20N2O3. The van der Waals surface area contributed by atoms with Crippen LogP contribution in [0.4, 0.5) is 0 Å². The lowest BCUT2D eigenvalue weighted by Crippen LogP contribution is -2.51. The summed E-state index contributed by atoms with van der Waals surface area (Å²) in [5.41, 5.74) is 1.31. The molecule has 1 aliphatic carbocycles. The van der Waals surface area contributed by atoms with Crippen LogP contribution >= 0.6 is 0 Å². The summed E-state index contributed by atoms with van der Waals surface area (Å²) in [4.78, 5) is 19.4. The number of benzene rings is 1. The zero-order valence-electron chi connectivity index (χ0n) is 13.2. The number of aromatic nitrogens is 1. The molecule has 0 bridgehead atoms. The van der Waals surface area contributed by atoms with Gasteiger partial charge in [0.05, 0.1) is 18.8 Å². The molecule has 1 aromatic heterocycles. The number of carbonyl (C=O) groups is 1. The average molecular weight is 312 g/mol. The van der Waals surface area contributed by atoms with Crippen LogP contribution in [0, 0.1) is 6.92 Å². The molecule has 5 nitrogen and oxygen atoms in total. The van der Waals surface area contributed by atoms with Crippen LogP contribution in [0.25, 0.3) is 11.5 Å². The number of ether oxygens (including phenoxy) is 1. The molecule has 120 valence electrons. The van der Waals surface area contributed by atoms with Crippen molar-refractivity contribution in [1.82, 2.24) is 9.88 Å². The monoisotopic (exact) mass is 312 g/mol. The van der Waals surface area contributed by atoms with E-state index in [-0.39, 0.29) is 18.1 Å². The van der Waals surface area contributed by atoms with Gasteiger partial charge >= 0.3 is 0 Å². The Hall–Kier alpha value is -2.14. The zero-order valence-corrected chi connectivity index (χ0v) is 13.2. The van der Waals surface area contributed by atoms with Gasteiger partial charge in [0, 0.05) is 12.1 Å². The highest BCUT2D eigenvalue weighted by Gasteiger charge is 2.39. The van der Waals surface area contributed by atoms with Crippen LogP contribution in [0.3, 0.4) is 0 Å². The summed E-state index contributed by atoms with van der Waals surface area (Å²) in [6, 6.07) is 9.86. The highest BCUT2D eigenvalue weighted by molar-refractivity contribution is 5.94. The fraction of sp³-hybridized carbons (Fsp3) is 0.444. The second kappa shape index (κ2) is 5.81. The topological polar surface area (TPSA) is 55.6 Å². The Kier molecular flexibility index (Phi) is 3.65.